The predicted molar refractivity (Wildman–Crippen MR) is 68.6 cm³/mol. The molecule has 0 aliphatic rings. The van der Waals surface area contributed by atoms with Gasteiger partial charge in [-0.2, -0.15) is 0 Å². The van der Waals surface area contributed by atoms with Gasteiger partial charge in [-0.25, -0.2) is 4.39 Å². The molecule has 0 N–H and O–H groups in total. The molecule has 2 aromatic rings. The van der Waals surface area contributed by atoms with Crippen LogP contribution < -0.4 is 0 Å². The lowest BCUT2D eigenvalue weighted by molar-refractivity contribution is 0.0752. The van der Waals surface area contributed by atoms with Crippen molar-refractivity contribution in [2.45, 2.75) is 6.54 Å². The summed E-state index contributed by atoms with van der Waals surface area (Å²) in [6, 6.07) is 7.86. The fourth-order valence-electron chi connectivity index (χ4n) is 1.58. The highest BCUT2D eigenvalue weighted by atomic mass is 79.9. The molecule has 0 spiro atoms. The highest BCUT2D eigenvalue weighted by Crippen LogP contribution is 2.17. The number of carbonyl (C=O) groups is 1. The molecule has 0 unspecified atom stereocenters. The average Bonchev–Trinajstić information content (AvgIpc) is 2.86. The summed E-state index contributed by atoms with van der Waals surface area (Å²) in [5.41, 5.74) is 0.451. The zero-order valence-corrected chi connectivity index (χ0v) is 11.3. The first-order valence-electron chi connectivity index (χ1n) is 5.31. The minimum absolute atomic E-state index is 0.185. The Bertz CT molecular complexity index is 554. The number of rotatable bonds is 3. The van der Waals surface area contributed by atoms with Crippen molar-refractivity contribution in [1.82, 2.24) is 4.90 Å². The van der Waals surface area contributed by atoms with Gasteiger partial charge in [0.1, 0.15) is 5.82 Å². The molecule has 0 aliphatic carbocycles. The third-order valence-corrected chi connectivity index (χ3v) is 2.99. The summed E-state index contributed by atoms with van der Waals surface area (Å²) in [6.45, 7) is 0.185. The van der Waals surface area contributed by atoms with Crippen LogP contribution in [0.4, 0.5) is 4.39 Å². The summed E-state index contributed by atoms with van der Waals surface area (Å²) in [5, 5.41) is 0. The molecule has 0 saturated heterocycles. The molecule has 1 aromatic heterocycles. The van der Waals surface area contributed by atoms with E-state index in [4.69, 9.17) is 4.42 Å². The van der Waals surface area contributed by atoms with Gasteiger partial charge < -0.3 is 9.32 Å². The second kappa shape index (κ2) is 5.35. The minimum atomic E-state index is -0.336. The lowest BCUT2D eigenvalue weighted by Gasteiger charge is -2.16. The Hall–Kier alpha value is -1.62. The summed E-state index contributed by atoms with van der Waals surface area (Å²) < 4.78 is 19.3. The van der Waals surface area contributed by atoms with Crippen molar-refractivity contribution in [2.24, 2.45) is 0 Å². The molecular weight excluding hydrogens is 301 g/mol. The van der Waals surface area contributed by atoms with E-state index in [-0.39, 0.29) is 24.0 Å². The summed E-state index contributed by atoms with van der Waals surface area (Å²) in [7, 11) is 1.60. The number of nitrogens with zero attached hydrogens (tertiary/aromatic N) is 1. The fourth-order valence-corrected chi connectivity index (χ4v) is 1.99. The first kappa shape index (κ1) is 12.8. The molecule has 1 aromatic carbocycles. The van der Waals surface area contributed by atoms with E-state index in [1.807, 2.05) is 0 Å². The second-order valence-corrected chi connectivity index (χ2v) is 4.79. The van der Waals surface area contributed by atoms with Crippen LogP contribution in [0.5, 0.6) is 0 Å². The first-order valence-corrected chi connectivity index (χ1v) is 6.10. The summed E-state index contributed by atoms with van der Waals surface area (Å²) in [6.07, 6.45) is 1.43. The molecule has 18 heavy (non-hydrogen) atoms. The van der Waals surface area contributed by atoms with Crippen LogP contribution in [0, 0.1) is 5.82 Å². The molecule has 0 fully saturated rings. The average molecular weight is 312 g/mol. The molecule has 0 saturated carbocycles. The second-order valence-electron chi connectivity index (χ2n) is 3.87. The standard InChI is InChI=1S/C13H11BrFNO2/c1-16(13(17)12-3-2-6-18-12)8-9-7-10(14)4-5-11(9)15/h2-7H,8H2,1H3. The van der Waals surface area contributed by atoms with Gasteiger partial charge in [-0.05, 0) is 30.3 Å². The zero-order chi connectivity index (χ0) is 13.1. The molecule has 5 heteroatoms. The zero-order valence-electron chi connectivity index (χ0n) is 9.69. The van der Waals surface area contributed by atoms with Crippen molar-refractivity contribution < 1.29 is 13.6 Å². The van der Waals surface area contributed by atoms with Crippen molar-refractivity contribution >= 4 is 21.8 Å². The van der Waals surface area contributed by atoms with E-state index in [0.717, 1.165) is 4.47 Å². The topological polar surface area (TPSA) is 33.5 Å². The van der Waals surface area contributed by atoms with Crippen LogP contribution in [-0.4, -0.2) is 17.9 Å². The Morgan fingerprint density at radius 2 is 2.22 bits per heavy atom. The van der Waals surface area contributed by atoms with E-state index < -0.39 is 0 Å². The maximum atomic E-state index is 13.6. The van der Waals surface area contributed by atoms with E-state index in [2.05, 4.69) is 15.9 Å². The Morgan fingerprint density at radius 1 is 1.44 bits per heavy atom. The van der Waals surface area contributed by atoms with Crippen LogP contribution in [0.1, 0.15) is 16.1 Å². The van der Waals surface area contributed by atoms with Crippen molar-refractivity contribution in [2.75, 3.05) is 7.05 Å². The monoisotopic (exact) mass is 311 g/mol. The predicted octanol–water partition coefficient (Wildman–Crippen LogP) is 3.45. The van der Waals surface area contributed by atoms with Crippen LogP contribution >= 0.6 is 15.9 Å². The van der Waals surface area contributed by atoms with Gasteiger partial charge in [-0.1, -0.05) is 15.9 Å². The van der Waals surface area contributed by atoms with E-state index in [9.17, 15) is 9.18 Å². The number of furan rings is 1. The van der Waals surface area contributed by atoms with Crippen LogP contribution in [0.15, 0.2) is 45.5 Å². The molecular formula is C13H11BrFNO2. The van der Waals surface area contributed by atoms with Gasteiger partial charge in [-0.3, -0.25) is 4.79 Å². The normalized spacial score (nSPS) is 10.4. The van der Waals surface area contributed by atoms with Crippen LogP contribution in [0.25, 0.3) is 0 Å². The Morgan fingerprint density at radius 3 is 2.89 bits per heavy atom. The molecule has 3 nitrogen and oxygen atoms in total. The highest BCUT2D eigenvalue weighted by molar-refractivity contribution is 9.10. The summed E-state index contributed by atoms with van der Waals surface area (Å²) in [4.78, 5) is 13.3. The maximum Gasteiger partial charge on any atom is 0.289 e. The number of hydrogen-bond acceptors (Lipinski definition) is 2. The molecule has 2 rings (SSSR count). The maximum absolute atomic E-state index is 13.6. The van der Waals surface area contributed by atoms with Crippen molar-refractivity contribution in [3.63, 3.8) is 0 Å². The number of carbonyl (C=O) groups excluding carboxylic acids is 1. The number of amides is 1. The van der Waals surface area contributed by atoms with Crippen molar-refractivity contribution in [3.8, 4) is 0 Å². The number of hydrogen-bond donors (Lipinski definition) is 0. The molecule has 0 atom stereocenters. The van der Waals surface area contributed by atoms with Crippen molar-refractivity contribution in [3.05, 3.63) is 58.2 Å². The van der Waals surface area contributed by atoms with Crippen LogP contribution in [0.2, 0.25) is 0 Å². The van der Waals surface area contributed by atoms with E-state index in [0.29, 0.717) is 5.56 Å². The highest BCUT2D eigenvalue weighted by Gasteiger charge is 2.16. The third kappa shape index (κ3) is 2.79. The van der Waals surface area contributed by atoms with Gasteiger partial charge in [0, 0.05) is 23.6 Å². The number of halogens is 2. The van der Waals surface area contributed by atoms with Gasteiger partial charge in [-0.15, -0.1) is 0 Å². The molecule has 0 aliphatic heterocycles. The Kier molecular flexibility index (Phi) is 3.81. The van der Waals surface area contributed by atoms with Gasteiger partial charge in [0.25, 0.3) is 5.91 Å². The smallest absolute Gasteiger partial charge is 0.289 e. The molecule has 1 heterocycles. The molecule has 0 bridgehead atoms. The van der Waals surface area contributed by atoms with E-state index >= 15 is 0 Å². The largest absolute Gasteiger partial charge is 0.459 e. The van der Waals surface area contributed by atoms with Gasteiger partial charge in [0.15, 0.2) is 5.76 Å². The van der Waals surface area contributed by atoms with E-state index in [1.54, 1.807) is 31.3 Å². The summed E-state index contributed by atoms with van der Waals surface area (Å²) >= 11 is 3.27. The first-order chi connectivity index (χ1) is 8.58. The van der Waals surface area contributed by atoms with Gasteiger partial charge in [0.05, 0.1) is 6.26 Å². The van der Waals surface area contributed by atoms with E-state index in [1.165, 1.54) is 17.2 Å². The molecule has 1 amide bonds. The SMILES string of the molecule is CN(Cc1cc(Br)ccc1F)C(=O)c1ccco1. The van der Waals surface area contributed by atoms with Crippen LogP contribution in [0.3, 0.4) is 0 Å². The minimum Gasteiger partial charge on any atom is -0.459 e. The van der Waals surface area contributed by atoms with Gasteiger partial charge in [0.2, 0.25) is 0 Å². The van der Waals surface area contributed by atoms with Crippen LogP contribution in [-0.2, 0) is 6.54 Å². The lowest BCUT2D eigenvalue weighted by Crippen LogP contribution is -2.26. The van der Waals surface area contributed by atoms with Crippen molar-refractivity contribution in [1.29, 1.82) is 0 Å². The Labute approximate surface area is 112 Å². The fraction of sp³-hybridized carbons (Fsp3) is 0.154. The quantitative estimate of drug-likeness (QED) is 0.870. The third-order valence-electron chi connectivity index (χ3n) is 2.49. The molecule has 94 valence electrons. The number of benzene rings is 1. The molecule has 0 radical (unpaired) electrons. The summed E-state index contributed by atoms with van der Waals surface area (Å²) in [5.74, 6) is -0.371. The van der Waals surface area contributed by atoms with Gasteiger partial charge >= 0.3 is 0 Å². The Balaban J connectivity index is 2.14. The lowest BCUT2D eigenvalue weighted by atomic mass is 10.2.